The Morgan fingerprint density at radius 1 is 1.18 bits per heavy atom. The highest BCUT2D eigenvalue weighted by molar-refractivity contribution is 5.85. The van der Waals surface area contributed by atoms with Crippen molar-refractivity contribution in [2.24, 2.45) is 5.73 Å². The second kappa shape index (κ2) is 6.83. The Morgan fingerprint density at radius 2 is 1.71 bits per heavy atom. The summed E-state index contributed by atoms with van der Waals surface area (Å²) in [5.74, 6) is -3.38. The van der Waals surface area contributed by atoms with Crippen molar-refractivity contribution < 1.29 is 18.3 Å². The normalized spacial score (nSPS) is 14.0. The van der Waals surface area contributed by atoms with Gasteiger partial charge >= 0.3 is 0 Å². The van der Waals surface area contributed by atoms with Crippen LogP contribution in [-0.4, -0.2) is 11.2 Å². The zero-order valence-corrected chi connectivity index (χ0v) is 10.1. The second-order valence-corrected chi connectivity index (χ2v) is 3.67. The summed E-state index contributed by atoms with van der Waals surface area (Å²) in [6.07, 6.45) is 0.0732. The fourth-order valence-corrected chi connectivity index (χ4v) is 1.48. The topological polar surface area (TPSA) is 46.2 Å². The molecular weight excluding hydrogens is 255 g/mol. The van der Waals surface area contributed by atoms with Crippen LogP contribution in [0.2, 0.25) is 0 Å². The average molecular weight is 270 g/mol. The molecule has 0 aliphatic carbocycles. The molecule has 0 saturated carbocycles. The monoisotopic (exact) mass is 269 g/mol. The van der Waals surface area contributed by atoms with Crippen LogP contribution < -0.4 is 5.73 Å². The van der Waals surface area contributed by atoms with Crippen LogP contribution in [0.25, 0.3) is 0 Å². The van der Waals surface area contributed by atoms with Gasteiger partial charge in [-0.05, 0) is 12.5 Å². The highest BCUT2D eigenvalue weighted by Crippen LogP contribution is 2.22. The minimum Gasteiger partial charge on any atom is -0.391 e. The first-order chi connectivity index (χ1) is 7.47. The molecule has 1 aromatic rings. The lowest BCUT2D eigenvalue weighted by molar-refractivity contribution is 0.132. The van der Waals surface area contributed by atoms with E-state index in [2.05, 4.69) is 0 Å². The van der Waals surface area contributed by atoms with Crippen molar-refractivity contribution in [3.63, 3.8) is 0 Å². The van der Waals surface area contributed by atoms with E-state index in [1.54, 1.807) is 0 Å². The Hall–Kier alpha value is -0.780. The maximum atomic E-state index is 13.3. The van der Waals surface area contributed by atoms with Crippen molar-refractivity contribution in [2.75, 3.05) is 0 Å². The molecule has 0 amide bonds. The molecule has 0 aliphatic rings. The Kier molecular flexibility index (Phi) is 6.52. The summed E-state index contributed by atoms with van der Waals surface area (Å²) >= 11 is 0. The third-order valence-electron chi connectivity index (χ3n) is 2.40. The summed E-state index contributed by atoms with van der Waals surface area (Å²) in [7, 11) is 0. The molecule has 3 N–H and O–H groups in total. The van der Waals surface area contributed by atoms with Gasteiger partial charge in [-0.3, -0.25) is 0 Å². The summed E-state index contributed by atoms with van der Waals surface area (Å²) in [4.78, 5) is 0. The third-order valence-corrected chi connectivity index (χ3v) is 2.40. The van der Waals surface area contributed by atoms with Crippen LogP contribution in [0.15, 0.2) is 12.1 Å². The molecule has 0 aromatic heterocycles. The standard InChI is InChI=1S/C11H14F3NO.ClH/c1-2-3-10(16)11(15)6-4-8(13)9(14)5-7(6)12;/h4-5,10-11,16H,2-3,15H2,1H3;1H/t10-,11+;/m0./s1. The predicted octanol–water partition coefficient (Wildman–Crippen LogP) is 2.69. The molecule has 2 atom stereocenters. The molecule has 0 aliphatic heterocycles. The van der Waals surface area contributed by atoms with Gasteiger partial charge in [0.15, 0.2) is 11.6 Å². The van der Waals surface area contributed by atoms with E-state index in [1.807, 2.05) is 6.92 Å². The molecule has 2 nitrogen and oxygen atoms in total. The van der Waals surface area contributed by atoms with E-state index in [0.717, 1.165) is 0 Å². The number of hydrogen-bond donors (Lipinski definition) is 2. The van der Waals surface area contributed by atoms with Crippen molar-refractivity contribution in [3.8, 4) is 0 Å². The molecule has 0 spiro atoms. The Balaban J connectivity index is 0.00000256. The molecule has 6 heteroatoms. The van der Waals surface area contributed by atoms with Crippen molar-refractivity contribution in [3.05, 3.63) is 35.1 Å². The number of aliphatic hydroxyl groups excluding tert-OH is 1. The van der Waals surface area contributed by atoms with Crippen LogP contribution >= 0.6 is 12.4 Å². The first-order valence-corrected chi connectivity index (χ1v) is 5.05. The Labute approximate surface area is 104 Å². The van der Waals surface area contributed by atoms with Gasteiger partial charge in [-0.25, -0.2) is 13.2 Å². The molecule has 0 heterocycles. The molecule has 0 bridgehead atoms. The van der Waals surface area contributed by atoms with Crippen LogP contribution in [0.3, 0.4) is 0 Å². The first kappa shape index (κ1) is 16.2. The van der Waals surface area contributed by atoms with Crippen LogP contribution in [-0.2, 0) is 0 Å². The third kappa shape index (κ3) is 3.87. The van der Waals surface area contributed by atoms with E-state index in [-0.39, 0.29) is 18.0 Å². The average Bonchev–Trinajstić information content (AvgIpc) is 2.23. The van der Waals surface area contributed by atoms with E-state index >= 15 is 0 Å². The van der Waals surface area contributed by atoms with Crippen molar-refractivity contribution >= 4 is 12.4 Å². The lowest BCUT2D eigenvalue weighted by atomic mass is 9.98. The number of benzene rings is 1. The highest BCUT2D eigenvalue weighted by Gasteiger charge is 2.21. The number of hydrogen-bond acceptors (Lipinski definition) is 2. The number of rotatable bonds is 4. The van der Waals surface area contributed by atoms with E-state index in [9.17, 15) is 18.3 Å². The Morgan fingerprint density at radius 3 is 2.24 bits per heavy atom. The van der Waals surface area contributed by atoms with Crippen LogP contribution in [0.5, 0.6) is 0 Å². The lowest BCUT2D eigenvalue weighted by Crippen LogP contribution is -2.27. The Bertz CT molecular complexity index is 376. The number of halogens is 4. The molecule has 0 saturated heterocycles. The fraction of sp³-hybridized carbons (Fsp3) is 0.455. The van der Waals surface area contributed by atoms with Gasteiger partial charge in [0.05, 0.1) is 12.1 Å². The molecule has 0 fully saturated rings. The van der Waals surface area contributed by atoms with Crippen LogP contribution in [0.1, 0.15) is 31.4 Å². The van der Waals surface area contributed by atoms with Crippen molar-refractivity contribution in [1.82, 2.24) is 0 Å². The summed E-state index contributed by atoms with van der Waals surface area (Å²) < 4.78 is 38.8. The quantitative estimate of drug-likeness (QED) is 0.826. The van der Waals surface area contributed by atoms with Gasteiger partial charge in [0.25, 0.3) is 0 Å². The minimum atomic E-state index is -1.27. The SMILES string of the molecule is CCC[C@H](O)[C@H](N)c1cc(F)c(F)cc1F.Cl. The summed E-state index contributed by atoms with van der Waals surface area (Å²) in [5.41, 5.74) is 5.36. The zero-order chi connectivity index (χ0) is 12.3. The second-order valence-electron chi connectivity index (χ2n) is 3.67. The summed E-state index contributed by atoms with van der Waals surface area (Å²) in [6.45, 7) is 1.83. The molecular formula is C11H15ClF3NO. The summed E-state index contributed by atoms with van der Waals surface area (Å²) in [5, 5.41) is 9.55. The zero-order valence-electron chi connectivity index (χ0n) is 9.29. The molecule has 98 valence electrons. The first-order valence-electron chi connectivity index (χ1n) is 5.05. The highest BCUT2D eigenvalue weighted by atomic mass is 35.5. The fourth-order valence-electron chi connectivity index (χ4n) is 1.48. The number of nitrogens with two attached hydrogens (primary N) is 1. The molecule has 0 radical (unpaired) electrons. The molecule has 17 heavy (non-hydrogen) atoms. The van der Waals surface area contributed by atoms with E-state index < -0.39 is 29.6 Å². The van der Waals surface area contributed by atoms with Crippen LogP contribution in [0, 0.1) is 17.5 Å². The minimum absolute atomic E-state index is 0. The van der Waals surface area contributed by atoms with Gasteiger partial charge < -0.3 is 10.8 Å². The van der Waals surface area contributed by atoms with E-state index in [4.69, 9.17) is 5.73 Å². The van der Waals surface area contributed by atoms with Crippen molar-refractivity contribution in [2.45, 2.75) is 31.9 Å². The van der Waals surface area contributed by atoms with Gasteiger partial charge in [-0.2, -0.15) is 0 Å². The molecule has 1 aromatic carbocycles. The van der Waals surface area contributed by atoms with Gasteiger partial charge in [0, 0.05) is 11.6 Å². The van der Waals surface area contributed by atoms with E-state index in [1.165, 1.54) is 0 Å². The molecule has 0 unspecified atom stereocenters. The van der Waals surface area contributed by atoms with Gasteiger partial charge in [0.2, 0.25) is 0 Å². The maximum Gasteiger partial charge on any atom is 0.161 e. The van der Waals surface area contributed by atoms with Gasteiger partial charge in [0.1, 0.15) is 5.82 Å². The van der Waals surface area contributed by atoms with Crippen LogP contribution in [0.4, 0.5) is 13.2 Å². The summed E-state index contributed by atoms with van der Waals surface area (Å²) in [6, 6.07) is 0.0762. The van der Waals surface area contributed by atoms with Crippen molar-refractivity contribution in [1.29, 1.82) is 0 Å². The van der Waals surface area contributed by atoms with Gasteiger partial charge in [-0.1, -0.05) is 13.3 Å². The largest absolute Gasteiger partial charge is 0.391 e. The molecule has 1 rings (SSSR count). The number of aliphatic hydroxyl groups is 1. The van der Waals surface area contributed by atoms with Gasteiger partial charge in [-0.15, -0.1) is 12.4 Å². The predicted molar refractivity (Wildman–Crippen MR) is 61.4 cm³/mol. The lowest BCUT2D eigenvalue weighted by Gasteiger charge is -2.19. The van der Waals surface area contributed by atoms with E-state index in [0.29, 0.717) is 25.0 Å². The smallest absolute Gasteiger partial charge is 0.161 e. The maximum absolute atomic E-state index is 13.3.